The minimum atomic E-state index is -0.462. The largest absolute Gasteiger partial charge is 0.461 e. The molecule has 0 spiro atoms. The number of hydrogen-bond acceptors (Lipinski definition) is 6. The molecule has 178 valence electrons. The van der Waals surface area contributed by atoms with Gasteiger partial charge in [-0.1, -0.05) is 6.07 Å². The Morgan fingerprint density at radius 2 is 1.74 bits per heavy atom. The normalized spacial score (nSPS) is 14.3. The van der Waals surface area contributed by atoms with Crippen LogP contribution in [-0.4, -0.2) is 65.4 Å². The van der Waals surface area contributed by atoms with Gasteiger partial charge in [-0.25, -0.2) is 9.48 Å². The Labute approximate surface area is 200 Å². The van der Waals surface area contributed by atoms with Gasteiger partial charge in [-0.3, -0.25) is 9.69 Å². The first-order valence-electron chi connectivity index (χ1n) is 11.7. The van der Waals surface area contributed by atoms with Crippen molar-refractivity contribution in [2.75, 3.05) is 43.0 Å². The number of anilines is 2. The fourth-order valence-corrected chi connectivity index (χ4v) is 4.03. The van der Waals surface area contributed by atoms with E-state index in [4.69, 9.17) is 4.74 Å². The maximum atomic E-state index is 12.8. The van der Waals surface area contributed by atoms with Gasteiger partial charge in [0.25, 0.3) is 5.91 Å². The molecule has 8 nitrogen and oxygen atoms in total. The Bertz CT molecular complexity index is 1130. The van der Waals surface area contributed by atoms with Gasteiger partial charge in [0.15, 0.2) is 5.69 Å². The van der Waals surface area contributed by atoms with Gasteiger partial charge in [0.1, 0.15) is 0 Å². The summed E-state index contributed by atoms with van der Waals surface area (Å²) in [6.07, 6.45) is 1.69. The number of piperazine rings is 1. The molecule has 0 unspecified atom stereocenters. The van der Waals surface area contributed by atoms with Crippen LogP contribution >= 0.6 is 0 Å². The lowest BCUT2D eigenvalue weighted by molar-refractivity contribution is 0.0519. The monoisotopic (exact) mass is 461 g/mol. The molecule has 0 atom stereocenters. The van der Waals surface area contributed by atoms with E-state index in [2.05, 4.69) is 34.1 Å². The lowest BCUT2D eigenvalue weighted by Gasteiger charge is -2.38. The fourth-order valence-electron chi connectivity index (χ4n) is 4.03. The van der Waals surface area contributed by atoms with Gasteiger partial charge < -0.3 is 15.0 Å². The van der Waals surface area contributed by atoms with E-state index < -0.39 is 5.97 Å². The van der Waals surface area contributed by atoms with Gasteiger partial charge in [0.05, 0.1) is 12.3 Å². The molecule has 34 heavy (non-hydrogen) atoms. The third-order valence-electron chi connectivity index (χ3n) is 5.98. The highest BCUT2D eigenvalue weighted by Crippen LogP contribution is 2.20. The summed E-state index contributed by atoms with van der Waals surface area (Å²) in [4.78, 5) is 29.5. The molecule has 1 saturated heterocycles. The number of esters is 1. The summed E-state index contributed by atoms with van der Waals surface area (Å²) < 4.78 is 6.57. The summed E-state index contributed by atoms with van der Waals surface area (Å²) in [6, 6.07) is 17.2. The van der Waals surface area contributed by atoms with Crippen molar-refractivity contribution >= 4 is 23.3 Å². The Balaban J connectivity index is 1.39. The predicted octanol–water partition coefficient (Wildman–Crippen LogP) is 3.83. The van der Waals surface area contributed by atoms with Gasteiger partial charge in [0.2, 0.25) is 0 Å². The lowest BCUT2D eigenvalue weighted by Crippen LogP contribution is -2.48. The van der Waals surface area contributed by atoms with Crippen molar-refractivity contribution in [1.29, 1.82) is 0 Å². The number of carbonyl (C=O) groups is 2. The van der Waals surface area contributed by atoms with E-state index in [0.717, 1.165) is 37.6 Å². The zero-order valence-electron chi connectivity index (χ0n) is 19.9. The number of nitrogens with one attached hydrogen (secondary N) is 1. The van der Waals surface area contributed by atoms with Crippen molar-refractivity contribution < 1.29 is 14.3 Å². The molecular weight excluding hydrogens is 430 g/mol. The molecule has 1 aliphatic rings. The second-order valence-electron chi connectivity index (χ2n) is 8.53. The minimum absolute atomic E-state index is 0.180. The van der Waals surface area contributed by atoms with Crippen molar-refractivity contribution in [1.82, 2.24) is 14.7 Å². The van der Waals surface area contributed by atoms with Gasteiger partial charge in [-0.15, -0.1) is 0 Å². The quantitative estimate of drug-likeness (QED) is 0.539. The van der Waals surface area contributed by atoms with Crippen molar-refractivity contribution in [3.05, 3.63) is 72.1 Å². The summed E-state index contributed by atoms with van der Waals surface area (Å²) >= 11 is 0. The molecule has 4 rings (SSSR count). The van der Waals surface area contributed by atoms with Crippen LogP contribution in [0.3, 0.4) is 0 Å². The number of benzene rings is 2. The van der Waals surface area contributed by atoms with Crippen LogP contribution < -0.4 is 10.2 Å². The highest BCUT2D eigenvalue weighted by atomic mass is 16.5. The molecule has 0 bridgehead atoms. The van der Waals surface area contributed by atoms with Crippen LogP contribution in [0.2, 0.25) is 0 Å². The number of hydrogen-bond donors (Lipinski definition) is 1. The van der Waals surface area contributed by atoms with Crippen molar-refractivity contribution in [2.45, 2.75) is 26.8 Å². The maximum absolute atomic E-state index is 12.8. The van der Waals surface area contributed by atoms with Gasteiger partial charge in [-0.05, 0) is 69.3 Å². The van der Waals surface area contributed by atoms with E-state index in [1.165, 1.54) is 0 Å². The molecule has 1 aliphatic heterocycles. The van der Waals surface area contributed by atoms with E-state index in [-0.39, 0.29) is 11.6 Å². The van der Waals surface area contributed by atoms with Crippen LogP contribution in [0.4, 0.5) is 11.4 Å². The lowest BCUT2D eigenvalue weighted by atomic mass is 10.1. The molecule has 2 aromatic carbocycles. The van der Waals surface area contributed by atoms with Crippen LogP contribution in [0.1, 0.15) is 41.6 Å². The maximum Gasteiger partial charge on any atom is 0.358 e. The minimum Gasteiger partial charge on any atom is -0.461 e. The van der Waals surface area contributed by atoms with Crippen LogP contribution in [0.5, 0.6) is 0 Å². The van der Waals surface area contributed by atoms with E-state index in [0.29, 0.717) is 23.9 Å². The summed E-state index contributed by atoms with van der Waals surface area (Å²) in [5.74, 6) is -0.642. The molecule has 0 saturated carbocycles. The molecule has 1 amide bonds. The number of ether oxygens (including phenoxy) is 1. The number of rotatable bonds is 7. The Morgan fingerprint density at radius 3 is 2.41 bits per heavy atom. The van der Waals surface area contributed by atoms with Gasteiger partial charge in [0, 0.05) is 55.4 Å². The molecule has 8 heteroatoms. The molecular formula is C26H31N5O3. The summed E-state index contributed by atoms with van der Waals surface area (Å²) in [6.45, 7) is 10.6. The second kappa shape index (κ2) is 10.5. The van der Waals surface area contributed by atoms with Crippen LogP contribution in [0.15, 0.2) is 60.8 Å². The van der Waals surface area contributed by atoms with Crippen molar-refractivity contribution in [2.24, 2.45) is 0 Å². The Kier molecular flexibility index (Phi) is 7.27. The smallest absolute Gasteiger partial charge is 0.358 e. The molecule has 2 heterocycles. The zero-order chi connectivity index (χ0) is 24.1. The third-order valence-corrected chi connectivity index (χ3v) is 5.98. The van der Waals surface area contributed by atoms with Crippen molar-refractivity contribution in [3.8, 4) is 5.69 Å². The molecule has 0 radical (unpaired) electrons. The zero-order valence-corrected chi connectivity index (χ0v) is 19.9. The summed E-state index contributed by atoms with van der Waals surface area (Å²) in [5, 5.41) is 7.21. The Morgan fingerprint density at radius 1 is 1.00 bits per heavy atom. The number of amides is 1. The average Bonchev–Trinajstić information content (AvgIpc) is 3.35. The first kappa shape index (κ1) is 23.5. The van der Waals surface area contributed by atoms with E-state index in [1.807, 2.05) is 48.5 Å². The van der Waals surface area contributed by atoms with Gasteiger partial charge in [-0.2, -0.15) is 5.10 Å². The van der Waals surface area contributed by atoms with E-state index in [1.54, 1.807) is 23.9 Å². The number of carbonyl (C=O) groups excluding carboxylic acids is 2. The molecule has 0 aliphatic carbocycles. The highest BCUT2D eigenvalue weighted by molar-refractivity contribution is 6.04. The number of nitrogens with zero attached hydrogens (tertiary/aromatic N) is 4. The second-order valence-corrected chi connectivity index (χ2v) is 8.53. The van der Waals surface area contributed by atoms with Crippen LogP contribution in [0.25, 0.3) is 5.69 Å². The molecule has 1 aromatic heterocycles. The standard InChI is InChI=1S/C26H31N5O3/c1-4-34-26(33)24-12-13-31(28-24)23-7-5-6-21(18-23)27-25(32)20-8-10-22(11-9-20)30-16-14-29(15-17-30)19(2)3/h5-13,18-19H,4,14-17H2,1-3H3,(H,27,32). The Hall–Kier alpha value is -3.65. The molecule has 1 fully saturated rings. The summed E-state index contributed by atoms with van der Waals surface area (Å²) in [5.41, 5.74) is 3.34. The SMILES string of the molecule is CCOC(=O)c1ccn(-c2cccc(NC(=O)c3ccc(N4CCN(C(C)C)CC4)cc3)c2)n1. The first-order chi connectivity index (χ1) is 16.4. The fraction of sp³-hybridized carbons (Fsp3) is 0.346. The van der Waals surface area contributed by atoms with Crippen LogP contribution in [0, 0.1) is 0 Å². The topological polar surface area (TPSA) is 79.7 Å². The van der Waals surface area contributed by atoms with E-state index in [9.17, 15) is 9.59 Å². The number of aromatic nitrogens is 2. The summed E-state index contributed by atoms with van der Waals surface area (Å²) in [7, 11) is 0. The molecule has 1 N–H and O–H groups in total. The first-order valence-corrected chi connectivity index (χ1v) is 11.7. The average molecular weight is 462 g/mol. The third kappa shape index (κ3) is 5.46. The molecule has 3 aromatic rings. The van der Waals surface area contributed by atoms with Crippen molar-refractivity contribution in [3.63, 3.8) is 0 Å². The van der Waals surface area contributed by atoms with Gasteiger partial charge >= 0.3 is 5.97 Å². The predicted molar refractivity (Wildman–Crippen MR) is 133 cm³/mol. The highest BCUT2D eigenvalue weighted by Gasteiger charge is 2.19. The van der Waals surface area contributed by atoms with Crippen LogP contribution in [-0.2, 0) is 4.74 Å². The van der Waals surface area contributed by atoms with E-state index >= 15 is 0 Å².